The highest BCUT2D eigenvalue weighted by Gasteiger charge is 2.50. The molecule has 1 unspecified atom stereocenters. The van der Waals surface area contributed by atoms with Crippen molar-refractivity contribution < 1.29 is 14.4 Å². The Hall–Kier alpha value is -1.54. The molecule has 2 rings (SSSR count). The van der Waals surface area contributed by atoms with Gasteiger partial charge in [0.25, 0.3) is 5.91 Å². The molecule has 0 aromatic heterocycles. The van der Waals surface area contributed by atoms with Gasteiger partial charge in [-0.2, -0.15) is 0 Å². The third kappa shape index (κ3) is 3.38. The second-order valence-corrected chi connectivity index (χ2v) is 5.74. The molecule has 1 aliphatic rings. The second-order valence-electron chi connectivity index (χ2n) is 5.33. The van der Waals surface area contributed by atoms with E-state index in [0.717, 1.165) is 5.56 Å². The van der Waals surface area contributed by atoms with E-state index in [1.165, 1.54) is 5.06 Å². The van der Waals surface area contributed by atoms with Gasteiger partial charge in [-0.1, -0.05) is 35.7 Å². The first-order chi connectivity index (χ1) is 9.96. The molecule has 1 fully saturated rings. The summed E-state index contributed by atoms with van der Waals surface area (Å²) in [6.45, 7) is 5.86. The maximum Gasteiger partial charge on any atom is 0.257 e. The van der Waals surface area contributed by atoms with Gasteiger partial charge in [0.1, 0.15) is 6.61 Å². The number of hydrogen-bond donors (Lipinski definition) is 0. The van der Waals surface area contributed by atoms with Gasteiger partial charge in [-0.25, -0.2) is 9.90 Å². The van der Waals surface area contributed by atoms with Crippen LogP contribution < -0.4 is 0 Å². The topological polar surface area (TPSA) is 38.8 Å². The fourth-order valence-corrected chi connectivity index (χ4v) is 2.23. The summed E-state index contributed by atoms with van der Waals surface area (Å²) < 4.78 is 5.54. The van der Waals surface area contributed by atoms with Gasteiger partial charge in [0.05, 0.1) is 12.0 Å². The molecule has 1 aromatic carbocycles. The van der Waals surface area contributed by atoms with Gasteiger partial charge in [-0.05, 0) is 32.4 Å². The summed E-state index contributed by atoms with van der Waals surface area (Å²) in [5.74, 6) is 5.41. The molecular weight excluding hydrogens is 290 g/mol. The van der Waals surface area contributed by atoms with E-state index < -0.39 is 11.7 Å². The van der Waals surface area contributed by atoms with Crippen molar-refractivity contribution in [2.75, 3.05) is 6.61 Å². The van der Waals surface area contributed by atoms with E-state index in [2.05, 4.69) is 11.8 Å². The number of benzene rings is 1. The van der Waals surface area contributed by atoms with Crippen molar-refractivity contribution in [1.29, 1.82) is 0 Å². The van der Waals surface area contributed by atoms with Crippen LogP contribution in [0.15, 0.2) is 24.3 Å². The Morgan fingerprint density at radius 3 is 2.81 bits per heavy atom. The van der Waals surface area contributed by atoms with Gasteiger partial charge in [0.2, 0.25) is 0 Å². The smallest absolute Gasteiger partial charge is 0.257 e. The molecule has 21 heavy (non-hydrogen) atoms. The zero-order valence-electron chi connectivity index (χ0n) is 12.4. The Morgan fingerprint density at radius 1 is 1.43 bits per heavy atom. The van der Waals surface area contributed by atoms with Crippen LogP contribution in [0.2, 0.25) is 5.02 Å². The van der Waals surface area contributed by atoms with Crippen molar-refractivity contribution in [2.45, 2.75) is 33.6 Å². The zero-order valence-corrected chi connectivity index (χ0v) is 13.1. The Labute approximate surface area is 129 Å². The Bertz CT molecular complexity index is 589. The number of hydroxylamine groups is 2. The van der Waals surface area contributed by atoms with E-state index in [1.807, 2.05) is 18.2 Å². The van der Waals surface area contributed by atoms with E-state index in [0.29, 0.717) is 11.6 Å². The molecule has 0 aliphatic carbocycles. The zero-order chi connectivity index (χ0) is 15.5. The lowest BCUT2D eigenvalue weighted by molar-refractivity contribution is -0.243. The van der Waals surface area contributed by atoms with Gasteiger partial charge in [-0.3, -0.25) is 4.79 Å². The molecule has 1 saturated heterocycles. The average molecular weight is 308 g/mol. The van der Waals surface area contributed by atoms with Gasteiger partial charge in [0.15, 0.2) is 6.29 Å². The third-order valence-electron chi connectivity index (χ3n) is 3.35. The summed E-state index contributed by atoms with van der Waals surface area (Å²) >= 11 is 6.12. The predicted molar refractivity (Wildman–Crippen MR) is 80.1 cm³/mol. The monoisotopic (exact) mass is 307 g/mol. The maximum atomic E-state index is 12.4. The quantitative estimate of drug-likeness (QED) is 0.803. The van der Waals surface area contributed by atoms with Crippen LogP contribution in [0, 0.1) is 17.3 Å². The van der Waals surface area contributed by atoms with Crippen molar-refractivity contribution in [3.05, 3.63) is 34.9 Å². The van der Waals surface area contributed by atoms with Crippen LogP contribution in [0.25, 0.3) is 0 Å². The highest BCUT2D eigenvalue weighted by Crippen LogP contribution is 2.36. The van der Waals surface area contributed by atoms with E-state index >= 15 is 0 Å². The lowest BCUT2D eigenvalue weighted by Crippen LogP contribution is -2.34. The molecule has 1 amide bonds. The van der Waals surface area contributed by atoms with E-state index in [1.54, 1.807) is 26.8 Å². The number of nitrogens with zero attached hydrogens (tertiary/aromatic N) is 1. The Kier molecular flexibility index (Phi) is 4.89. The highest BCUT2D eigenvalue weighted by atomic mass is 35.5. The normalized spacial score (nSPS) is 20.3. The van der Waals surface area contributed by atoms with E-state index in [9.17, 15) is 4.79 Å². The summed E-state index contributed by atoms with van der Waals surface area (Å²) in [5.41, 5.74) is 0.0776. The predicted octanol–water partition coefficient (Wildman–Crippen LogP) is 3.01. The van der Waals surface area contributed by atoms with Crippen molar-refractivity contribution in [3.8, 4) is 11.8 Å². The van der Waals surface area contributed by atoms with Crippen LogP contribution in [0.1, 0.15) is 26.3 Å². The molecule has 1 aromatic rings. The lowest BCUT2D eigenvalue weighted by atomic mass is 9.92. The number of rotatable bonds is 4. The SMILES string of the molecule is CC#CCOC1ON(Cc2ccccc2Cl)C(=O)C1(C)C. The number of ether oxygens (including phenoxy) is 1. The van der Waals surface area contributed by atoms with Crippen LogP contribution in [-0.4, -0.2) is 23.9 Å². The van der Waals surface area contributed by atoms with Gasteiger partial charge in [-0.15, -0.1) is 5.92 Å². The molecule has 0 N–H and O–H groups in total. The summed E-state index contributed by atoms with van der Waals surface area (Å²) in [4.78, 5) is 18.1. The highest BCUT2D eigenvalue weighted by molar-refractivity contribution is 6.31. The molecule has 0 radical (unpaired) electrons. The lowest BCUT2D eigenvalue weighted by Gasteiger charge is -2.19. The molecular formula is C16H18ClNO3. The first kappa shape index (κ1) is 15.8. The summed E-state index contributed by atoms with van der Waals surface area (Å²) in [7, 11) is 0. The number of halogens is 1. The first-order valence-corrected chi connectivity index (χ1v) is 7.08. The molecule has 4 nitrogen and oxygen atoms in total. The average Bonchev–Trinajstić information content (AvgIpc) is 2.66. The van der Waals surface area contributed by atoms with Gasteiger partial charge >= 0.3 is 0 Å². The number of carbonyl (C=O) groups is 1. The molecule has 1 heterocycles. The number of amides is 1. The van der Waals surface area contributed by atoms with Crippen molar-refractivity contribution in [1.82, 2.24) is 5.06 Å². The Balaban J connectivity index is 2.10. The molecule has 112 valence electrons. The minimum absolute atomic E-state index is 0.128. The minimum Gasteiger partial charge on any atom is -0.336 e. The van der Waals surface area contributed by atoms with Crippen LogP contribution in [0.3, 0.4) is 0 Å². The third-order valence-corrected chi connectivity index (χ3v) is 3.71. The van der Waals surface area contributed by atoms with Gasteiger partial charge < -0.3 is 4.74 Å². The summed E-state index contributed by atoms with van der Waals surface area (Å²) in [6.07, 6.45) is -0.645. The fraction of sp³-hybridized carbons (Fsp3) is 0.438. The number of carbonyl (C=O) groups excluding carboxylic acids is 1. The van der Waals surface area contributed by atoms with Crippen molar-refractivity contribution in [2.24, 2.45) is 5.41 Å². The molecule has 0 spiro atoms. The molecule has 1 atom stereocenters. The minimum atomic E-state index is -0.753. The second kappa shape index (κ2) is 6.48. The van der Waals surface area contributed by atoms with Crippen LogP contribution in [0.4, 0.5) is 0 Å². The standard InChI is InChI=1S/C16H18ClNO3/c1-4-5-10-20-15-16(2,3)14(19)18(21-15)11-12-8-6-7-9-13(12)17/h6-9,15H,10-11H2,1-3H3. The van der Waals surface area contributed by atoms with Crippen LogP contribution in [-0.2, 0) is 20.9 Å². The fourth-order valence-electron chi connectivity index (χ4n) is 2.04. The van der Waals surface area contributed by atoms with Crippen molar-refractivity contribution >= 4 is 17.5 Å². The van der Waals surface area contributed by atoms with E-state index in [4.69, 9.17) is 21.2 Å². The van der Waals surface area contributed by atoms with Crippen LogP contribution in [0.5, 0.6) is 0 Å². The van der Waals surface area contributed by atoms with Crippen molar-refractivity contribution in [3.63, 3.8) is 0 Å². The van der Waals surface area contributed by atoms with Gasteiger partial charge in [0, 0.05) is 5.02 Å². The molecule has 0 bridgehead atoms. The Morgan fingerprint density at radius 2 is 2.14 bits per heavy atom. The van der Waals surface area contributed by atoms with Crippen LogP contribution >= 0.6 is 11.6 Å². The number of hydrogen-bond acceptors (Lipinski definition) is 3. The largest absolute Gasteiger partial charge is 0.336 e. The molecule has 5 heteroatoms. The summed E-state index contributed by atoms with van der Waals surface area (Å²) in [5, 5.41) is 1.92. The maximum absolute atomic E-state index is 12.4. The summed E-state index contributed by atoms with van der Waals surface area (Å²) in [6, 6.07) is 7.37. The molecule has 0 saturated carbocycles. The first-order valence-electron chi connectivity index (χ1n) is 6.70. The van der Waals surface area contributed by atoms with E-state index in [-0.39, 0.29) is 12.5 Å². The molecule has 1 aliphatic heterocycles.